The molecule has 1 amide bonds. The van der Waals surface area contributed by atoms with Gasteiger partial charge in [0.25, 0.3) is 5.91 Å². The number of nitrogens with zero attached hydrogens (tertiary/aromatic N) is 1. The number of ether oxygens (including phenoxy) is 1. The van der Waals surface area contributed by atoms with E-state index < -0.39 is 56.6 Å². The van der Waals surface area contributed by atoms with E-state index in [1.165, 1.54) is 6.92 Å². The van der Waals surface area contributed by atoms with Gasteiger partial charge in [0, 0.05) is 11.8 Å². The maximum atomic E-state index is 13.3. The van der Waals surface area contributed by atoms with Crippen LogP contribution >= 0.6 is 11.6 Å². The van der Waals surface area contributed by atoms with Crippen molar-refractivity contribution in [2.75, 3.05) is 5.32 Å². The number of hydrogen-bond donors (Lipinski definition) is 1. The Morgan fingerprint density at radius 1 is 1.15 bits per heavy atom. The molecule has 0 radical (unpaired) electrons. The molecule has 0 aliphatic heterocycles. The number of nitro benzene ring substituents is 1. The van der Waals surface area contributed by atoms with E-state index >= 15 is 0 Å². The lowest BCUT2D eigenvalue weighted by molar-refractivity contribution is -0.387. The fourth-order valence-corrected chi connectivity index (χ4v) is 2.16. The molecule has 0 aliphatic rings. The van der Waals surface area contributed by atoms with Gasteiger partial charge in [-0.05, 0) is 31.2 Å². The fraction of sp³-hybridized carbons (Fsp3) is 0.125. The molecule has 142 valence electrons. The molecular formula is C16H10ClF3N2O5. The van der Waals surface area contributed by atoms with Gasteiger partial charge in [0.2, 0.25) is 5.82 Å². The molecule has 0 aliphatic carbocycles. The molecular weight excluding hydrogens is 393 g/mol. The highest BCUT2D eigenvalue weighted by Gasteiger charge is 2.23. The largest absolute Gasteiger partial charge is 0.449 e. The number of halogens is 4. The summed E-state index contributed by atoms with van der Waals surface area (Å²) in [5.74, 6) is -5.78. The van der Waals surface area contributed by atoms with E-state index in [9.17, 15) is 32.9 Å². The van der Waals surface area contributed by atoms with Crippen molar-refractivity contribution in [3.8, 4) is 0 Å². The summed E-state index contributed by atoms with van der Waals surface area (Å²) in [6.45, 7) is 1.17. The Bertz CT molecular complexity index is 939. The lowest BCUT2D eigenvalue weighted by atomic mass is 10.2. The molecule has 7 nitrogen and oxygen atoms in total. The van der Waals surface area contributed by atoms with Crippen LogP contribution < -0.4 is 5.32 Å². The van der Waals surface area contributed by atoms with Crippen LogP contribution in [0.5, 0.6) is 0 Å². The quantitative estimate of drug-likeness (QED) is 0.354. The number of rotatable bonds is 5. The van der Waals surface area contributed by atoms with Gasteiger partial charge in [0.05, 0.1) is 15.5 Å². The van der Waals surface area contributed by atoms with Crippen molar-refractivity contribution in [1.29, 1.82) is 0 Å². The first-order chi connectivity index (χ1) is 12.6. The summed E-state index contributed by atoms with van der Waals surface area (Å²) in [5, 5.41) is 12.5. The molecule has 2 aromatic rings. The van der Waals surface area contributed by atoms with Crippen molar-refractivity contribution in [3.63, 3.8) is 0 Å². The second-order valence-corrected chi connectivity index (χ2v) is 5.61. The van der Waals surface area contributed by atoms with Crippen LogP contribution in [0.25, 0.3) is 0 Å². The van der Waals surface area contributed by atoms with Gasteiger partial charge >= 0.3 is 11.7 Å². The predicted molar refractivity (Wildman–Crippen MR) is 87.9 cm³/mol. The van der Waals surface area contributed by atoms with Crippen LogP contribution in [0.4, 0.5) is 24.5 Å². The third-order valence-corrected chi connectivity index (χ3v) is 3.61. The zero-order valence-corrected chi connectivity index (χ0v) is 14.2. The van der Waals surface area contributed by atoms with Crippen molar-refractivity contribution in [1.82, 2.24) is 0 Å². The van der Waals surface area contributed by atoms with E-state index in [1.54, 1.807) is 0 Å². The second-order valence-electron chi connectivity index (χ2n) is 5.21. The highest BCUT2D eigenvalue weighted by molar-refractivity contribution is 6.33. The highest BCUT2D eigenvalue weighted by Crippen LogP contribution is 2.23. The smallest absolute Gasteiger partial charge is 0.340 e. The summed E-state index contributed by atoms with van der Waals surface area (Å²) >= 11 is 5.64. The van der Waals surface area contributed by atoms with Gasteiger partial charge < -0.3 is 10.1 Å². The molecule has 11 heteroatoms. The number of carbonyl (C=O) groups is 2. The van der Waals surface area contributed by atoms with Gasteiger partial charge in [-0.2, -0.15) is 4.39 Å². The van der Waals surface area contributed by atoms with Crippen LogP contribution in [0.2, 0.25) is 5.02 Å². The molecule has 0 heterocycles. The van der Waals surface area contributed by atoms with E-state index in [0.29, 0.717) is 12.1 Å². The van der Waals surface area contributed by atoms with E-state index in [0.717, 1.165) is 18.2 Å². The highest BCUT2D eigenvalue weighted by atomic mass is 35.5. The third kappa shape index (κ3) is 4.73. The van der Waals surface area contributed by atoms with E-state index in [-0.39, 0.29) is 5.69 Å². The standard InChI is InChI=1S/C16H10ClF3N2O5/c1-7(27-16(24)9-5-12(19)13(20)6-10(9)17)15(23)21-8-2-3-11(18)14(4-8)22(25)26/h2-7H,1H3,(H,21,23)/t7-/m0/s1. The Balaban J connectivity index is 2.10. The molecule has 1 atom stereocenters. The van der Waals surface area contributed by atoms with Crippen LogP contribution in [0.1, 0.15) is 17.3 Å². The predicted octanol–water partition coefficient (Wildman–Crippen LogP) is 3.85. The summed E-state index contributed by atoms with van der Waals surface area (Å²) in [6, 6.07) is 3.74. The molecule has 0 bridgehead atoms. The third-order valence-electron chi connectivity index (χ3n) is 3.29. The number of hydrogen-bond acceptors (Lipinski definition) is 5. The van der Waals surface area contributed by atoms with Gasteiger partial charge in [-0.3, -0.25) is 14.9 Å². The van der Waals surface area contributed by atoms with Crippen molar-refractivity contribution in [2.24, 2.45) is 0 Å². The molecule has 0 saturated heterocycles. The van der Waals surface area contributed by atoms with Crippen molar-refractivity contribution in [3.05, 3.63) is 68.5 Å². The molecule has 2 aromatic carbocycles. The van der Waals surface area contributed by atoms with E-state index in [2.05, 4.69) is 5.32 Å². The van der Waals surface area contributed by atoms with E-state index in [1.807, 2.05) is 0 Å². The molecule has 0 spiro atoms. The molecule has 0 fully saturated rings. The zero-order chi connectivity index (χ0) is 20.3. The van der Waals surface area contributed by atoms with Gasteiger partial charge in [-0.25, -0.2) is 13.6 Å². The van der Waals surface area contributed by atoms with Crippen LogP contribution in [0.15, 0.2) is 30.3 Å². The van der Waals surface area contributed by atoms with Crippen molar-refractivity contribution >= 4 is 34.9 Å². The maximum absolute atomic E-state index is 13.3. The minimum Gasteiger partial charge on any atom is -0.449 e. The van der Waals surface area contributed by atoms with E-state index in [4.69, 9.17) is 16.3 Å². The summed E-state index contributed by atoms with van der Waals surface area (Å²) in [4.78, 5) is 33.7. The number of amides is 1. The summed E-state index contributed by atoms with van der Waals surface area (Å²) < 4.78 is 44.4. The summed E-state index contributed by atoms with van der Waals surface area (Å²) in [7, 11) is 0. The first kappa shape index (κ1) is 20.2. The van der Waals surface area contributed by atoms with Gasteiger partial charge in [-0.1, -0.05) is 11.6 Å². The average molecular weight is 403 g/mol. The molecule has 1 N–H and O–H groups in total. The van der Waals surface area contributed by atoms with Crippen LogP contribution in [0, 0.1) is 27.6 Å². The number of carbonyl (C=O) groups excluding carboxylic acids is 2. The SMILES string of the molecule is C[C@H](OC(=O)c1cc(F)c(F)cc1Cl)C(=O)Nc1ccc(F)c([N+](=O)[O-])c1. The Morgan fingerprint density at radius 2 is 1.78 bits per heavy atom. The average Bonchev–Trinajstić information content (AvgIpc) is 2.59. The minimum absolute atomic E-state index is 0.109. The Morgan fingerprint density at radius 3 is 2.41 bits per heavy atom. The number of esters is 1. The Labute approximate surface area is 154 Å². The van der Waals surface area contributed by atoms with Crippen molar-refractivity contribution in [2.45, 2.75) is 13.0 Å². The molecule has 27 heavy (non-hydrogen) atoms. The first-order valence-corrected chi connectivity index (χ1v) is 7.58. The first-order valence-electron chi connectivity index (χ1n) is 7.20. The van der Waals surface area contributed by atoms with Gasteiger partial charge in [0.15, 0.2) is 17.7 Å². The topological polar surface area (TPSA) is 98.5 Å². The van der Waals surface area contributed by atoms with Crippen LogP contribution in [-0.2, 0) is 9.53 Å². The van der Waals surface area contributed by atoms with Gasteiger partial charge in [-0.15, -0.1) is 0 Å². The number of nitro groups is 1. The fourth-order valence-electron chi connectivity index (χ4n) is 1.93. The Hall–Kier alpha value is -3.14. The second kappa shape index (κ2) is 8.04. The normalized spacial score (nSPS) is 11.6. The maximum Gasteiger partial charge on any atom is 0.340 e. The lowest BCUT2D eigenvalue weighted by Crippen LogP contribution is -2.30. The van der Waals surface area contributed by atoms with Crippen LogP contribution in [-0.4, -0.2) is 22.9 Å². The minimum atomic E-state index is -1.43. The Kier molecular flexibility index (Phi) is 6.01. The van der Waals surface area contributed by atoms with Gasteiger partial charge in [0.1, 0.15) is 0 Å². The zero-order valence-electron chi connectivity index (χ0n) is 13.5. The lowest BCUT2D eigenvalue weighted by Gasteiger charge is -2.14. The molecule has 0 aromatic heterocycles. The molecule has 0 unspecified atom stereocenters. The summed E-state index contributed by atoms with van der Waals surface area (Å²) in [6.07, 6.45) is -1.43. The summed E-state index contributed by atoms with van der Waals surface area (Å²) in [5.41, 5.74) is -1.46. The number of benzene rings is 2. The van der Waals surface area contributed by atoms with Crippen molar-refractivity contribution < 1.29 is 32.4 Å². The number of nitrogens with one attached hydrogen (secondary N) is 1. The molecule has 0 saturated carbocycles. The monoisotopic (exact) mass is 402 g/mol. The number of anilines is 1. The molecule has 2 rings (SSSR count). The van der Waals surface area contributed by atoms with Crippen LogP contribution in [0.3, 0.4) is 0 Å².